The molecule has 3 aromatic rings. The lowest BCUT2D eigenvalue weighted by atomic mass is 10.0. The average Bonchev–Trinajstić information content (AvgIpc) is 2.51. The van der Waals surface area contributed by atoms with Crippen LogP contribution in [0.4, 0.5) is 24.5 Å². The van der Waals surface area contributed by atoms with Crippen molar-refractivity contribution >= 4 is 22.3 Å². The van der Waals surface area contributed by atoms with Crippen molar-refractivity contribution in [1.29, 1.82) is 0 Å². The molecule has 1 N–H and O–H groups in total. The van der Waals surface area contributed by atoms with Crippen molar-refractivity contribution in [3.8, 4) is 0 Å². The third-order valence-electron chi connectivity index (χ3n) is 3.93. The lowest BCUT2D eigenvalue weighted by Crippen LogP contribution is -2.04. The first-order valence-electron chi connectivity index (χ1n) is 7.15. The molecule has 2 nitrogen and oxygen atoms in total. The number of nitrogens with zero attached hydrogens (tertiary/aromatic N) is 1. The van der Waals surface area contributed by atoms with Crippen LogP contribution in [-0.4, -0.2) is 4.98 Å². The zero-order valence-electron chi connectivity index (χ0n) is 12.7. The summed E-state index contributed by atoms with van der Waals surface area (Å²) < 4.78 is 37.8. The van der Waals surface area contributed by atoms with Gasteiger partial charge in [0.05, 0.1) is 11.1 Å². The van der Waals surface area contributed by atoms with E-state index in [0.717, 1.165) is 39.8 Å². The number of benzene rings is 2. The van der Waals surface area contributed by atoms with Gasteiger partial charge >= 0.3 is 6.18 Å². The zero-order valence-corrected chi connectivity index (χ0v) is 12.7. The summed E-state index contributed by atoms with van der Waals surface area (Å²) in [5, 5.41) is 4.11. The summed E-state index contributed by atoms with van der Waals surface area (Å²) in [4.78, 5) is 4.40. The van der Waals surface area contributed by atoms with E-state index in [1.807, 2.05) is 32.0 Å². The fourth-order valence-electron chi connectivity index (χ4n) is 2.47. The fraction of sp³-hybridized carbons (Fsp3) is 0.167. The molecule has 0 spiro atoms. The molecule has 0 fully saturated rings. The van der Waals surface area contributed by atoms with Gasteiger partial charge < -0.3 is 5.32 Å². The van der Waals surface area contributed by atoms with Crippen molar-refractivity contribution < 1.29 is 13.2 Å². The lowest BCUT2D eigenvalue weighted by molar-refractivity contribution is -0.137. The Kier molecular flexibility index (Phi) is 3.72. The molecule has 0 aliphatic heterocycles. The summed E-state index contributed by atoms with van der Waals surface area (Å²) in [6.45, 7) is 4.03. The van der Waals surface area contributed by atoms with E-state index >= 15 is 0 Å². The van der Waals surface area contributed by atoms with Gasteiger partial charge in [0.2, 0.25) is 0 Å². The lowest BCUT2D eigenvalue weighted by Gasteiger charge is -2.13. The Labute approximate surface area is 132 Å². The summed E-state index contributed by atoms with van der Waals surface area (Å²) >= 11 is 0. The number of fused-ring (bicyclic) bond motifs is 1. The predicted molar refractivity (Wildman–Crippen MR) is 85.9 cm³/mol. The van der Waals surface area contributed by atoms with Crippen molar-refractivity contribution in [2.24, 2.45) is 0 Å². The van der Waals surface area contributed by atoms with Gasteiger partial charge in [-0.25, -0.2) is 0 Å². The Hall–Kier alpha value is -2.56. The van der Waals surface area contributed by atoms with E-state index in [1.165, 1.54) is 12.1 Å². The topological polar surface area (TPSA) is 24.9 Å². The molecule has 5 heteroatoms. The highest BCUT2D eigenvalue weighted by atomic mass is 19.4. The van der Waals surface area contributed by atoms with E-state index in [2.05, 4.69) is 10.3 Å². The maximum atomic E-state index is 12.6. The van der Waals surface area contributed by atoms with Gasteiger partial charge in [-0.1, -0.05) is 12.1 Å². The van der Waals surface area contributed by atoms with Gasteiger partial charge in [-0.15, -0.1) is 0 Å². The van der Waals surface area contributed by atoms with Crippen LogP contribution in [-0.2, 0) is 6.18 Å². The van der Waals surface area contributed by atoms with Gasteiger partial charge in [0.1, 0.15) is 0 Å². The summed E-state index contributed by atoms with van der Waals surface area (Å²) in [6.07, 6.45) is -2.63. The molecule has 0 saturated carbocycles. The first kappa shape index (κ1) is 15.3. The van der Waals surface area contributed by atoms with Crippen molar-refractivity contribution in [2.45, 2.75) is 20.0 Å². The Morgan fingerprint density at radius 1 is 0.913 bits per heavy atom. The second-order valence-corrected chi connectivity index (χ2v) is 5.46. The minimum absolute atomic E-state index is 0.601. The largest absolute Gasteiger partial charge is 0.416 e. The molecule has 0 unspecified atom stereocenters. The normalized spacial score (nSPS) is 11.7. The van der Waals surface area contributed by atoms with E-state index in [-0.39, 0.29) is 0 Å². The number of aryl methyl sites for hydroxylation is 2. The monoisotopic (exact) mass is 316 g/mol. The Morgan fingerprint density at radius 2 is 1.61 bits per heavy atom. The van der Waals surface area contributed by atoms with E-state index in [0.29, 0.717) is 5.69 Å². The summed E-state index contributed by atoms with van der Waals surface area (Å²) in [5.74, 6) is 0. The zero-order chi connectivity index (χ0) is 16.6. The molecule has 0 aliphatic rings. The Bertz CT molecular complexity index is 853. The van der Waals surface area contributed by atoms with Crippen LogP contribution in [0.5, 0.6) is 0 Å². The third-order valence-corrected chi connectivity index (χ3v) is 3.93. The molecule has 0 bridgehead atoms. The highest BCUT2D eigenvalue weighted by Gasteiger charge is 2.29. The van der Waals surface area contributed by atoms with Crippen LogP contribution in [0.15, 0.2) is 48.7 Å². The number of halogens is 3. The van der Waals surface area contributed by atoms with Crippen LogP contribution in [0, 0.1) is 13.8 Å². The van der Waals surface area contributed by atoms with Crippen LogP contribution in [0.3, 0.4) is 0 Å². The number of hydrogen-bond acceptors (Lipinski definition) is 2. The van der Waals surface area contributed by atoms with Gasteiger partial charge in [-0.05, 0) is 55.3 Å². The van der Waals surface area contributed by atoms with Crippen LogP contribution >= 0.6 is 0 Å². The number of nitrogens with one attached hydrogen (secondary N) is 1. The van der Waals surface area contributed by atoms with Crippen molar-refractivity contribution in [3.63, 3.8) is 0 Å². The van der Waals surface area contributed by atoms with Crippen LogP contribution in [0.25, 0.3) is 10.9 Å². The van der Waals surface area contributed by atoms with Crippen molar-refractivity contribution in [3.05, 3.63) is 65.4 Å². The molecule has 1 heterocycles. The second kappa shape index (κ2) is 5.57. The molecule has 3 rings (SSSR count). The molecule has 23 heavy (non-hydrogen) atoms. The molecule has 0 amide bonds. The van der Waals surface area contributed by atoms with Gasteiger partial charge in [0, 0.05) is 23.0 Å². The Balaban J connectivity index is 1.97. The Morgan fingerprint density at radius 3 is 2.26 bits per heavy atom. The van der Waals surface area contributed by atoms with E-state index in [1.54, 1.807) is 6.20 Å². The molecular weight excluding hydrogens is 301 g/mol. The predicted octanol–water partition coefficient (Wildman–Crippen LogP) is 5.61. The molecule has 2 aromatic carbocycles. The van der Waals surface area contributed by atoms with Crippen LogP contribution in [0.1, 0.15) is 16.7 Å². The van der Waals surface area contributed by atoms with Gasteiger partial charge in [-0.3, -0.25) is 4.98 Å². The minimum Gasteiger partial charge on any atom is -0.355 e. The number of pyridine rings is 1. The summed E-state index contributed by atoms with van der Waals surface area (Å²) in [7, 11) is 0. The SMILES string of the molecule is Cc1ccc2c(Nc3ccc(C(F)(F)F)cc3)ccnc2c1C. The van der Waals surface area contributed by atoms with Crippen LogP contribution < -0.4 is 5.32 Å². The van der Waals surface area contributed by atoms with E-state index in [9.17, 15) is 13.2 Å². The standard InChI is InChI=1S/C18H15F3N2/c1-11-3-8-15-16(9-10-22-17(15)12(11)2)23-14-6-4-13(5-7-14)18(19,20)21/h3-10H,1-2H3,(H,22,23). The quantitative estimate of drug-likeness (QED) is 0.664. The molecule has 118 valence electrons. The number of anilines is 2. The number of hydrogen-bond donors (Lipinski definition) is 1. The number of alkyl halides is 3. The first-order valence-corrected chi connectivity index (χ1v) is 7.15. The third kappa shape index (κ3) is 2.99. The molecule has 0 atom stereocenters. The minimum atomic E-state index is -4.32. The van der Waals surface area contributed by atoms with Crippen molar-refractivity contribution in [1.82, 2.24) is 4.98 Å². The maximum Gasteiger partial charge on any atom is 0.416 e. The van der Waals surface area contributed by atoms with Gasteiger partial charge in [0.25, 0.3) is 0 Å². The average molecular weight is 316 g/mol. The maximum absolute atomic E-state index is 12.6. The molecule has 0 radical (unpaired) electrons. The fourth-order valence-corrected chi connectivity index (χ4v) is 2.47. The molecular formula is C18H15F3N2. The van der Waals surface area contributed by atoms with E-state index < -0.39 is 11.7 Å². The first-order chi connectivity index (χ1) is 10.9. The smallest absolute Gasteiger partial charge is 0.355 e. The summed E-state index contributed by atoms with van der Waals surface area (Å²) in [6, 6.07) is 10.8. The van der Waals surface area contributed by atoms with Crippen molar-refractivity contribution in [2.75, 3.05) is 5.32 Å². The van der Waals surface area contributed by atoms with Crippen LogP contribution in [0.2, 0.25) is 0 Å². The van der Waals surface area contributed by atoms with Gasteiger partial charge in [-0.2, -0.15) is 13.2 Å². The number of aromatic nitrogens is 1. The number of rotatable bonds is 2. The summed E-state index contributed by atoms with van der Waals surface area (Å²) in [5.41, 5.74) is 3.90. The highest BCUT2D eigenvalue weighted by Crippen LogP contribution is 2.32. The molecule has 0 saturated heterocycles. The highest BCUT2D eigenvalue weighted by molar-refractivity contribution is 5.95. The van der Waals surface area contributed by atoms with Gasteiger partial charge in [0.15, 0.2) is 0 Å². The van der Waals surface area contributed by atoms with E-state index in [4.69, 9.17) is 0 Å². The molecule has 0 aliphatic carbocycles. The molecule has 1 aromatic heterocycles. The second-order valence-electron chi connectivity index (χ2n) is 5.46.